The molecule has 0 bridgehead atoms. The third-order valence-electron chi connectivity index (χ3n) is 4.49. The fraction of sp³-hybridized carbons (Fsp3) is 0.647. The molecule has 6 heteroatoms. The standard InChI is InChI=1S/C17H25N3O2S/c1-13(2)19-6-8-20(9-7-19)17(21)14-3-5-18-16(11-14)22-15-4-10-23-12-15/h3,5,11,13,15H,4,6-10,12H2,1-2H3. The first kappa shape index (κ1) is 16.6. The Morgan fingerprint density at radius 1 is 1.35 bits per heavy atom. The van der Waals surface area contributed by atoms with E-state index < -0.39 is 0 Å². The minimum Gasteiger partial charge on any atom is -0.473 e. The zero-order chi connectivity index (χ0) is 16.2. The number of ether oxygens (including phenoxy) is 1. The first-order valence-electron chi connectivity index (χ1n) is 8.37. The van der Waals surface area contributed by atoms with Gasteiger partial charge in [-0.05, 0) is 32.1 Å². The molecule has 1 amide bonds. The van der Waals surface area contributed by atoms with Crippen LogP contribution in [-0.4, -0.2) is 70.5 Å². The summed E-state index contributed by atoms with van der Waals surface area (Å²) in [6.07, 6.45) is 2.96. The molecule has 1 aromatic rings. The van der Waals surface area contributed by atoms with Gasteiger partial charge in [0.05, 0.1) is 0 Å². The van der Waals surface area contributed by atoms with E-state index in [2.05, 4.69) is 23.7 Å². The summed E-state index contributed by atoms with van der Waals surface area (Å²) in [5, 5.41) is 0. The number of hydrogen-bond donors (Lipinski definition) is 0. The molecule has 2 saturated heterocycles. The van der Waals surface area contributed by atoms with Gasteiger partial charge in [-0.25, -0.2) is 4.98 Å². The maximum Gasteiger partial charge on any atom is 0.254 e. The number of amides is 1. The van der Waals surface area contributed by atoms with Gasteiger partial charge >= 0.3 is 0 Å². The molecule has 0 aromatic carbocycles. The number of thioether (sulfide) groups is 1. The highest BCUT2D eigenvalue weighted by Crippen LogP contribution is 2.22. The Balaban J connectivity index is 1.61. The van der Waals surface area contributed by atoms with Crippen molar-refractivity contribution < 1.29 is 9.53 Å². The lowest BCUT2D eigenvalue weighted by atomic mass is 10.2. The van der Waals surface area contributed by atoms with Crippen molar-refractivity contribution in [3.63, 3.8) is 0 Å². The van der Waals surface area contributed by atoms with Gasteiger partial charge in [0.15, 0.2) is 0 Å². The van der Waals surface area contributed by atoms with Crippen molar-refractivity contribution in [2.24, 2.45) is 0 Å². The van der Waals surface area contributed by atoms with E-state index in [1.165, 1.54) is 0 Å². The SMILES string of the molecule is CC(C)N1CCN(C(=O)c2ccnc(OC3CCSC3)c2)CC1. The Bertz CT molecular complexity index is 538. The number of rotatable bonds is 4. The van der Waals surface area contributed by atoms with Crippen molar-refractivity contribution in [2.45, 2.75) is 32.4 Å². The van der Waals surface area contributed by atoms with Gasteiger partial charge in [-0.3, -0.25) is 9.69 Å². The van der Waals surface area contributed by atoms with Gasteiger partial charge in [-0.2, -0.15) is 11.8 Å². The van der Waals surface area contributed by atoms with E-state index >= 15 is 0 Å². The van der Waals surface area contributed by atoms with Crippen molar-refractivity contribution in [2.75, 3.05) is 37.7 Å². The van der Waals surface area contributed by atoms with Crippen LogP contribution in [0.3, 0.4) is 0 Å². The fourth-order valence-corrected chi connectivity index (χ4v) is 4.10. The van der Waals surface area contributed by atoms with Crippen LogP contribution in [0, 0.1) is 0 Å². The number of nitrogens with zero attached hydrogens (tertiary/aromatic N) is 3. The molecule has 2 aliphatic rings. The second-order valence-electron chi connectivity index (χ2n) is 6.41. The quantitative estimate of drug-likeness (QED) is 0.843. The van der Waals surface area contributed by atoms with Crippen LogP contribution in [-0.2, 0) is 0 Å². The highest BCUT2D eigenvalue weighted by atomic mass is 32.2. The van der Waals surface area contributed by atoms with Crippen molar-refractivity contribution >= 4 is 17.7 Å². The summed E-state index contributed by atoms with van der Waals surface area (Å²) in [7, 11) is 0. The summed E-state index contributed by atoms with van der Waals surface area (Å²) < 4.78 is 5.89. The van der Waals surface area contributed by atoms with Crippen LogP contribution in [0.25, 0.3) is 0 Å². The number of piperazine rings is 1. The summed E-state index contributed by atoms with van der Waals surface area (Å²) >= 11 is 1.90. The maximum absolute atomic E-state index is 12.7. The van der Waals surface area contributed by atoms with E-state index in [4.69, 9.17) is 4.74 Å². The number of pyridine rings is 1. The van der Waals surface area contributed by atoms with Gasteiger partial charge in [0, 0.05) is 55.8 Å². The van der Waals surface area contributed by atoms with E-state index in [-0.39, 0.29) is 12.0 Å². The lowest BCUT2D eigenvalue weighted by molar-refractivity contribution is 0.0594. The maximum atomic E-state index is 12.7. The van der Waals surface area contributed by atoms with Gasteiger partial charge in [-0.1, -0.05) is 0 Å². The van der Waals surface area contributed by atoms with Crippen molar-refractivity contribution in [1.29, 1.82) is 0 Å². The van der Waals surface area contributed by atoms with Crippen LogP contribution >= 0.6 is 11.8 Å². The van der Waals surface area contributed by atoms with Crippen LogP contribution in [0.4, 0.5) is 0 Å². The van der Waals surface area contributed by atoms with Crippen LogP contribution in [0.5, 0.6) is 5.88 Å². The predicted octanol–water partition coefficient (Wildman–Crippen LogP) is 2.13. The lowest BCUT2D eigenvalue weighted by Gasteiger charge is -2.37. The molecule has 23 heavy (non-hydrogen) atoms. The summed E-state index contributed by atoms with van der Waals surface area (Å²) in [5.74, 6) is 2.81. The predicted molar refractivity (Wildman–Crippen MR) is 93.2 cm³/mol. The molecule has 0 radical (unpaired) electrons. The Hall–Kier alpha value is -1.27. The summed E-state index contributed by atoms with van der Waals surface area (Å²) in [6, 6.07) is 4.12. The first-order chi connectivity index (χ1) is 11.1. The largest absolute Gasteiger partial charge is 0.473 e. The Kier molecular flexibility index (Phi) is 5.43. The summed E-state index contributed by atoms with van der Waals surface area (Å²) in [6.45, 7) is 7.86. The van der Waals surface area contributed by atoms with E-state index in [1.807, 2.05) is 16.7 Å². The molecular formula is C17H25N3O2S. The molecule has 1 unspecified atom stereocenters. The van der Waals surface area contributed by atoms with Gasteiger partial charge in [0.1, 0.15) is 6.10 Å². The average Bonchev–Trinajstić information content (AvgIpc) is 3.07. The van der Waals surface area contributed by atoms with Crippen LogP contribution in [0.15, 0.2) is 18.3 Å². The topological polar surface area (TPSA) is 45.7 Å². The van der Waals surface area contributed by atoms with Crippen molar-refractivity contribution in [3.8, 4) is 5.88 Å². The molecule has 0 spiro atoms. The zero-order valence-corrected chi connectivity index (χ0v) is 14.7. The molecule has 1 aromatic heterocycles. The van der Waals surface area contributed by atoms with Crippen LogP contribution in [0.2, 0.25) is 0 Å². The van der Waals surface area contributed by atoms with E-state index in [0.29, 0.717) is 17.5 Å². The third-order valence-corrected chi connectivity index (χ3v) is 5.62. The van der Waals surface area contributed by atoms with Gasteiger partial charge < -0.3 is 9.64 Å². The summed E-state index contributed by atoms with van der Waals surface area (Å²) in [4.78, 5) is 21.3. The molecule has 2 aliphatic heterocycles. The molecule has 5 nitrogen and oxygen atoms in total. The Morgan fingerprint density at radius 2 is 2.13 bits per heavy atom. The Labute approximate surface area is 142 Å². The minimum atomic E-state index is 0.0847. The second kappa shape index (κ2) is 7.53. The molecule has 1 atom stereocenters. The van der Waals surface area contributed by atoms with Gasteiger partial charge in [-0.15, -0.1) is 0 Å². The normalized spacial score (nSPS) is 22.6. The molecule has 126 valence electrons. The van der Waals surface area contributed by atoms with E-state index in [1.54, 1.807) is 18.3 Å². The van der Waals surface area contributed by atoms with E-state index in [9.17, 15) is 4.79 Å². The fourth-order valence-electron chi connectivity index (χ4n) is 3.01. The van der Waals surface area contributed by atoms with E-state index in [0.717, 1.165) is 44.1 Å². The molecule has 0 aliphatic carbocycles. The molecule has 3 heterocycles. The number of hydrogen-bond acceptors (Lipinski definition) is 5. The van der Waals surface area contributed by atoms with Gasteiger partial charge in [0.25, 0.3) is 5.91 Å². The number of aromatic nitrogens is 1. The molecular weight excluding hydrogens is 310 g/mol. The third kappa shape index (κ3) is 4.18. The van der Waals surface area contributed by atoms with Gasteiger partial charge in [0.2, 0.25) is 5.88 Å². The minimum absolute atomic E-state index is 0.0847. The average molecular weight is 335 g/mol. The monoisotopic (exact) mass is 335 g/mol. The summed E-state index contributed by atoms with van der Waals surface area (Å²) in [5.41, 5.74) is 0.679. The lowest BCUT2D eigenvalue weighted by Crippen LogP contribution is -2.50. The first-order valence-corrected chi connectivity index (χ1v) is 9.53. The zero-order valence-electron chi connectivity index (χ0n) is 13.9. The van der Waals surface area contributed by atoms with Crippen molar-refractivity contribution in [1.82, 2.24) is 14.8 Å². The number of carbonyl (C=O) groups excluding carboxylic acids is 1. The van der Waals surface area contributed by atoms with Crippen molar-refractivity contribution in [3.05, 3.63) is 23.9 Å². The second-order valence-corrected chi connectivity index (χ2v) is 7.56. The van der Waals surface area contributed by atoms with Crippen LogP contribution in [0.1, 0.15) is 30.6 Å². The highest BCUT2D eigenvalue weighted by Gasteiger charge is 2.24. The Morgan fingerprint density at radius 3 is 2.78 bits per heavy atom. The highest BCUT2D eigenvalue weighted by molar-refractivity contribution is 7.99. The smallest absolute Gasteiger partial charge is 0.254 e. The number of carbonyl (C=O) groups is 1. The molecule has 0 N–H and O–H groups in total. The molecule has 3 rings (SSSR count). The molecule has 2 fully saturated rings. The van der Waals surface area contributed by atoms with Crippen LogP contribution < -0.4 is 4.74 Å². The molecule has 0 saturated carbocycles.